The number of anilines is 1. The molecule has 1 saturated heterocycles. The van der Waals surface area contributed by atoms with E-state index in [2.05, 4.69) is 5.32 Å². The van der Waals surface area contributed by atoms with Crippen LogP contribution in [0.25, 0.3) is 0 Å². The molecule has 1 N–H and O–H groups in total. The summed E-state index contributed by atoms with van der Waals surface area (Å²) in [7, 11) is 0. The van der Waals surface area contributed by atoms with E-state index >= 15 is 0 Å². The number of nitrogens with one attached hydrogen (secondary N) is 1. The van der Waals surface area contributed by atoms with Gasteiger partial charge in [0.25, 0.3) is 5.69 Å². The molecule has 17 heavy (non-hydrogen) atoms. The molecule has 1 aromatic carbocycles. The van der Waals surface area contributed by atoms with Crippen LogP contribution in [0.3, 0.4) is 0 Å². The monoisotopic (exact) mass is 252 g/mol. The second kappa shape index (κ2) is 5.40. The molecule has 0 amide bonds. The molecule has 1 atom stereocenters. The molecule has 92 valence electrons. The van der Waals surface area contributed by atoms with E-state index in [4.69, 9.17) is 0 Å². The van der Waals surface area contributed by atoms with Gasteiger partial charge in [0.15, 0.2) is 0 Å². The van der Waals surface area contributed by atoms with E-state index in [1.807, 2.05) is 18.7 Å². The van der Waals surface area contributed by atoms with Crippen LogP contribution in [0.1, 0.15) is 18.4 Å². The van der Waals surface area contributed by atoms with Crippen LogP contribution in [0.2, 0.25) is 0 Å². The maximum Gasteiger partial charge on any atom is 0.271 e. The summed E-state index contributed by atoms with van der Waals surface area (Å²) in [5, 5.41) is 14.7. The highest BCUT2D eigenvalue weighted by Gasteiger charge is 2.16. The van der Waals surface area contributed by atoms with Crippen molar-refractivity contribution in [3.8, 4) is 0 Å². The smallest absolute Gasteiger partial charge is 0.271 e. The third-order valence-electron chi connectivity index (χ3n) is 2.98. The standard InChI is InChI=1S/C12H16N2O2S/c1-9-4-5-10(14(15)16)7-12(9)13-8-11-3-2-6-17-11/h4-5,7,11,13H,2-3,6,8H2,1H3. The first kappa shape index (κ1) is 12.2. The molecule has 4 nitrogen and oxygen atoms in total. The summed E-state index contributed by atoms with van der Waals surface area (Å²) in [6, 6.07) is 4.96. The lowest BCUT2D eigenvalue weighted by Crippen LogP contribution is -2.14. The number of non-ortho nitro benzene ring substituents is 1. The van der Waals surface area contributed by atoms with E-state index in [1.165, 1.54) is 18.6 Å². The molecule has 0 aromatic heterocycles. The molecular weight excluding hydrogens is 236 g/mol. The molecule has 1 heterocycles. The Labute approximate surface area is 105 Å². The zero-order valence-electron chi connectivity index (χ0n) is 9.81. The molecule has 5 heteroatoms. The lowest BCUT2D eigenvalue weighted by atomic mass is 10.1. The number of benzene rings is 1. The number of thioether (sulfide) groups is 1. The van der Waals surface area contributed by atoms with Crippen LogP contribution in [-0.4, -0.2) is 22.5 Å². The fourth-order valence-corrected chi connectivity index (χ4v) is 3.14. The van der Waals surface area contributed by atoms with Gasteiger partial charge in [-0.15, -0.1) is 0 Å². The van der Waals surface area contributed by atoms with Crippen molar-refractivity contribution in [2.45, 2.75) is 25.0 Å². The van der Waals surface area contributed by atoms with Crippen molar-refractivity contribution < 1.29 is 4.92 Å². The Balaban J connectivity index is 2.03. The Morgan fingerprint density at radius 3 is 3.06 bits per heavy atom. The lowest BCUT2D eigenvalue weighted by molar-refractivity contribution is -0.384. The number of nitro benzene ring substituents is 1. The summed E-state index contributed by atoms with van der Waals surface area (Å²) >= 11 is 1.98. The summed E-state index contributed by atoms with van der Waals surface area (Å²) in [5.74, 6) is 1.24. The molecule has 0 spiro atoms. The van der Waals surface area contributed by atoms with Gasteiger partial charge in [0.2, 0.25) is 0 Å². The van der Waals surface area contributed by atoms with Gasteiger partial charge in [-0.3, -0.25) is 10.1 Å². The quantitative estimate of drug-likeness (QED) is 0.660. The van der Waals surface area contributed by atoms with Gasteiger partial charge in [0, 0.05) is 29.6 Å². The van der Waals surface area contributed by atoms with Crippen molar-refractivity contribution in [1.29, 1.82) is 0 Å². The van der Waals surface area contributed by atoms with Crippen LogP contribution in [0.5, 0.6) is 0 Å². The topological polar surface area (TPSA) is 55.2 Å². The van der Waals surface area contributed by atoms with Crippen molar-refractivity contribution in [2.75, 3.05) is 17.6 Å². The van der Waals surface area contributed by atoms with Crippen molar-refractivity contribution in [3.63, 3.8) is 0 Å². The number of nitrogens with zero attached hydrogens (tertiary/aromatic N) is 1. The third-order valence-corrected chi connectivity index (χ3v) is 4.37. The summed E-state index contributed by atoms with van der Waals surface area (Å²) in [5.41, 5.74) is 2.09. The van der Waals surface area contributed by atoms with Gasteiger partial charge >= 0.3 is 0 Å². The van der Waals surface area contributed by atoms with Crippen LogP contribution >= 0.6 is 11.8 Å². The Morgan fingerprint density at radius 1 is 1.59 bits per heavy atom. The summed E-state index contributed by atoms with van der Waals surface area (Å²) in [6.07, 6.45) is 2.52. The van der Waals surface area contributed by atoms with Gasteiger partial charge in [-0.2, -0.15) is 11.8 Å². The highest BCUT2D eigenvalue weighted by Crippen LogP contribution is 2.27. The minimum absolute atomic E-state index is 0.150. The van der Waals surface area contributed by atoms with E-state index in [0.29, 0.717) is 5.25 Å². The molecule has 0 bridgehead atoms. The first-order chi connectivity index (χ1) is 8.16. The molecular formula is C12H16N2O2S. The van der Waals surface area contributed by atoms with E-state index in [1.54, 1.807) is 18.2 Å². The van der Waals surface area contributed by atoms with Crippen LogP contribution in [-0.2, 0) is 0 Å². The van der Waals surface area contributed by atoms with E-state index < -0.39 is 0 Å². The molecule has 0 aliphatic carbocycles. The van der Waals surface area contributed by atoms with E-state index in [0.717, 1.165) is 17.8 Å². The fraction of sp³-hybridized carbons (Fsp3) is 0.500. The fourth-order valence-electron chi connectivity index (χ4n) is 1.94. The van der Waals surface area contributed by atoms with Crippen molar-refractivity contribution in [2.24, 2.45) is 0 Å². The summed E-state index contributed by atoms with van der Waals surface area (Å²) in [4.78, 5) is 10.3. The molecule has 0 radical (unpaired) electrons. The maximum atomic E-state index is 10.7. The molecule has 0 saturated carbocycles. The van der Waals surface area contributed by atoms with Crippen LogP contribution in [0.15, 0.2) is 18.2 Å². The van der Waals surface area contributed by atoms with E-state index in [-0.39, 0.29) is 10.6 Å². The van der Waals surface area contributed by atoms with Gasteiger partial charge in [-0.1, -0.05) is 6.07 Å². The number of rotatable bonds is 4. The maximum absolute atomic E-state index is 10.7. The number of hydrogen-bond acceptors (Lipinski definition) is 4. The highest BCUT2D eigenvalue weighted by molar-refractivity contribution is 8.00. The Bertz CT molecular complexity index is 417. The zero-order chi connectivity index (χ0) is 12.3. The van der Waals surface area contributed by atoms with Crippen molar-refractivity contribution in [1.82, 2.24) is 0 Å². The number of nitro groups is 1. The van der Waals surface area contributed by atoms with Crippen molar-refractivity contribution in [3.05, 3.63) is 33.9 Å². The van der Waals surface area contributed by atoms with Gasteiger partial charge in [0.05, 0.1) is 4.92 Å². The van der Waals surface area contributed by atoms with Gasteiger partial charge in [-0.25, -0.2) is 0 Å². The molecule has 1 unspecified atom stereocenters. The predicted octanol–water partition coefficient (Wildman–Crippen LogP) is 3.21. The van der Waals surface area contributed by atoms with Gasteiger partial charge in [0.1, 0.15) is 0 Å². The summed E-state index contributed by atoms with van der Waals surface area (Å²) < 4.78 is 0. The third kappa shape index (κ3) is 3.12. The average Bonchev–Trinajstić information content (AvgIpc) is 2.80. The summed E-state index contributed by atoms with van der Waals surface area (Å²) in [6.45, 7) is 2.86. The SMILES string of the molecule is Cc1ccc([N+](=O)[O-])cc1NCC1CCCS1. The highest BCUT2D eigenvalue weighted by atomic mass is 32.2. The van der Waals surface area contributed by atoms with Gasteiger partial charge in [-0.05, 0) is 31.1 Å². The second-order valence-electron chi connectivity index (χ2n) is 4.27. The second-order valence-corrected chi connectivity index (χ2v) is 5.68. The Kier molecular flexibility index (Phi) is 3.89. The first-order valence-electron chi connectivity index (χ1n) is 5.77. The normalized spacial score (nSPS) is 19.2. The molecule has 2 rings (SSSR count). The average molecular weight is 252 g/mol. The molecule has 1 fully saturated rings. The lowest BCUT2D eigenvalue weighted by Gasteiger charge is -2.13. The van der Waals surface area contributed by atoms with E-state index in [9.17, 15) is 10.1 Å². The minimum Gasteiger partial charge on any atom is -0.384 e. The zero-order valence-corrected chi connectivity index (χ0v) is 10.6. The molecule has 1 aromatic rings. The molecule has 1 aliphatic heterocycles. The van der Waals surface area contributed by atoms with Crippen LogP contribution in [0.4, 0.5) is 11.4 Å². The van der Waals surface area contributed by atoms with Crippen LogP contribution < -0.4 is 5.32 Å². The van der Waals surface area contributed by atoms with Crippen molar-refractivity contribution >= 4 is 23.1 Å². The number of hydrogen-bond donors (Lipinski definition) is 1. The Morgan fingerprint density at radius 2 is 2.41 bits per heavy atom. The van der Waals surface area contributed by atoms with Crippen LogP contribution in [0, 0.1) is 17.0 Å². The largest absolute Gasteiger partial charge is 0.384 e. The van der Waals surface area contributed by atoms with Gasteiger partial charge < -0.3 is 5.32 Å². The molecule has 1 aliphatic rings. The Hall–Kier alpha value is -1.23. The predicted molar refractivity (Wildman–Crippen MR) is 71.8 cm³/mol. The first-order valence-corrected chi connectivity index (χ1v) is 6.82. The minimum atomic E-state index is -0.352. The number of aryl methyl sites for hydroxylation is 1.